The van der Waals surface area contributed by atoms with Gasteiger partial charge in [0.2, 0.25) is 5.88 Å². The largest absolute Gasteiger partial charge is 0.497 e. The van der Waals surface area contributed by atoms with Gasteiger partial charge in [0.25, 0.3) is 5.91 Å². The van der Waals surface area contributed by atoms with Crippen molar-refractivity contribution in [1.82, 2.24) is 4.98 Å². The molecule has 1 aromatic heterocycles. The topological polar surface area (TPSA) is 94.6 Å². The second kappa shape index (κ2) is 8.87. The van der Waals surface area contributed by atoms with Crippen LogP contribution in [0.2, 0.25) is 0 Å². The minimum atomic E-state index is -3.45. The first-order valence-electron chi connectivity index (χ1n) is 9.77. The molecule has 0 radical (unpaired) electrons. The van der Waals surface area contributed by atoms with Crippen LogP contribution in [0.5, 0.6) is 17.4 Å². The van der Waals surface area contributed by atoms with Crippen molar-refractivity contribution in [2.24, 2.45) is 0 Å². The summed E-state index contributed by atoms with van der Waals surface area (Å²) in [6, 6.07) is 18.6. The Labute approximate surface area is 189 Å². The number of amides is 1. The third kappa shape index (κ3) is 4.93. The Morgan fingerprint density at radius 1 is 1.00 bits per heavy atom. The van der Waals surface area contributed by atoms with Crippen LogP contribution in [0.15, 0.2) is 77.7 Å². The molecule has 0 aliphatic carbocycles. The van der Waals surface area contributed by atoms with Crippen LogP contribution < -0.4 is 14.8 Å². The summed E-state index contributed by atoms with van der Waals surface area (Å²) in [6.45, 7) is 0. The molecule has 0 fully saturated rings. The fourth-order valence-electron chi connectivity index (χ4n) is 3.14. The second-order valence-electron chi connectivity index (χ2n) is 7.19. The maximum atomic E-state index is 14.5. The van der Waals surface area contributed by atoms with Crippen molar-refractivity contribution in [1.29, 1.82) is 0 Å². The number of carbonyl (C=O) groups excluding carboxylic acids is 1. The number of rotatable bonds is 6. The summed E-state index contributed by atoms with van der Waals surface area (Å²) in [6.07, 6.45) is 1.08. The molecule has 4 aromatic rings. The van der Waals surface area contributed by atoms with Crippen LogP contribution in [0.4, 0.5) is 10.1 Å². The Balaban J connectivity index is 1.74. The molecule has 1 N–H and O–H groups in total. The van der Waals surface area contributed by atoms with E-state index >= 15 is 0 Å². The fraction of sp³-hybridized carbons (Fsp3) is 0.0833. The number of hydrogen-bond acceptors (Lipinski definition) is 6. The number of halogens is 1. The number of ether oxygens (including phenoxy) is 2. The molecular formula is C24H19FN2O5S. The first-order chi connectivity index (χ1) is 15.7. The first-order valence-corrected chi connectivity index (χ1v) is 11.7. The maximum absolute atomic E-state index is 14.5. The van der Waals surface area contributed by atoms with E-state index in [1.54, 1.807) is 36.4 Å². The normalized spacial score (nSPS) is 11.2. The number of nitrogens with zero attached hydrogens (tertiary/aromatic N) is 1. The van der Waals surface area contributed by atoms with Gasteiger partial charge < -0.3 is 14.8 Å². The predicted molar refractivity (Wildman–Crippen MR) is 122 cm³/mol. The number of para-hydroxylation sites is 1. The third-order valence-corrected chi connectivity index (χ3v) is 5.91. The van der Waals surface area contributed by atoms with E-state index < -0.39 is 21.6 Å². The van der Waals surface area contributed by atoms with Crippen LogP contribution in [-0.4, -0.2) is 32.7 Å². The van der Waals surface area contributed by atoms with Gasteiger partial charge in [-0.25, -0.2) is 17.8 Å². The van der Waals surface area contributed by atoms with E-state index in [1.807, 2.05) is 0 Å². The zero-order chi connectivity index (χ0) is 23.6. The van der Waals surface area contributed by atoms with Gasteiger partial charge in [0.05, 0.1) is 17.5 Å². The van der Waals surface area contributed by atoms with Gasteiger partial charge >= 0.3 is 0 Å². The van der Waals surface area contributed by atoms with Gasteiger partial charge in [-0.3, -0.25) is 4.79 Å². The van der Waals surface area contributed by atoms with Crippen LogP contribution in [0.1, 0.15) is 10.4 Å². The number of aromatic nitrogens is 1. The van der Waals surface area contributed by atoms with Gasteiger partial charge in [-0.1, -0.05) is 24.3 Å². The highest BCUT2D eigenvalue weighted by Crippen LogP contribution is 2.31. The van der Waals surface area contributed by atoms with Gasteiger partial charge in [-0.2, -0.15) is 0 Å². The molecule has 168 valence electrons. The second-order valence-corrected chi connectivity index (χ2v) is 9.20. The van der Waals surface area contributed by atoms with Crippen molar-refractivity contribution >= 4 is 32.3 Å². The molecule has 1 amide bonds. The molecule has 0 saturated carbocycles. The molecule has 7 nitrogen and oxygen atoms in total. The molecule has 0 aliphatic rings. The van der Waals surface area contributed by atoms with Gasteiger partial charge in [0.15, 0.2) is 21.4 Å². The molecule has 0 spiro atoms. The molecular weight excluding hydrogens is 447 g/mol. The van der Waals surface area contributed by atoms with E-state index in [-0.39, 0.29) is 27.8 Å². The van der Waals surface area contributed by atoms with Crippen molar-refractivity contribution < 1.29 is 27.1 Å². The summed E-state index contributed by atoms with van der Waals surface area (Å²) in [4.78, 5) is 17.6. The quantitative estimate of drug-likeness (QED) is 0.437. The minimum absolute atomic E-state index is 0.0497. The molecule has 0 unspecified atom stereocenters. The SMILES string of the molecule is COc1ccc(Oc2nc3ccccc3cc2C(=O)Nc2cccc(S(C)(=O)=O)c2)c(F)c1. The van der Waals surface area contributed by atoms with Crippen LogP contribution >= 0.6 is 0 Å². The van der Waals surface area contributed by atoms with Gasteiger partial charge in [-0.15, -0.1) is 0 Å². The number of benzene rings is 3. The lowest BCUT2D eigenvalue weighted by Gasteiger charge is -2.13. The Kier molecular flexibility index (Phi) is 5.97. The molecule has 33 heavy (non-hydrogen) atoms. The standard InChI is InChI=1S/C24H19FN2O5S/c1-31-17-10-11-22(20(25)14-17)32-24-19(12-15-6-3-4-9-21(15)27-24)23(28)26-16-7-5-8-18(13-16)33(2,29)30/h3-14H,1-2H3,(H,26,28). The van der Waals surface area contributed by atoms with Crippen LogP contribution in [0.3, 0.4) is 0 Å². The lowest BCUT2D eigenvalue weighted by Crippen LogP contribution is -2.14. The van der Waals surface area contributed by atoms with E-state index in [4.69, 9.17) is 9.47 Å². The van der Waals surface area contributed by atoms with Crippen molar-refractivity contribution in [2.75, 3.05) is 18.7 Å². The van der Waals surface area contributed by atoms with Gasteiger partial charge in [0.1, 0.15) is 11.3 Å². The highest BCUT2D eigenvalue weighted by atomic mass is 32.2. The monoisotopic (exact) mass is 466 g/mol. The molecule has 0 aliphatic heterocycles. The summed E-state index contributed by atoms with van der Waals surface area (Å²) in [5, 5.41) is 3.33. The Bertz CT molecular complexity index is 1470. The zero-order valence-electron chi connectivity index (χ0n) is 17.7. The number of carbonyl (C=O) groups is 1. The number of anilines is 1. The molecule has 0 atom stereocenters. The Hall–Kier alpha value is -3.98. The number of hydrogen-bond donors (Lipinski definition) is 1. The smallest absolute Gasteiger partial charge is 0.261 e. The van der Waals surface area contributed by atoms with E-state index in [1.165, 1.54) is 37.4 Å². The highest BCUT2D eigenvalue weighted by molar-refractivity contribution is 7.90. The molecule has 9 heteroatoms. The average molecular weight is 466 g/mol. The fourth-order valence-corrected chi connectivity index (χ4v) is 3.80. The van der Waals surface area contributed by atoms with Crippen molar-refractivity contribution in [3.63, 3.8) is 0 Å². The lowest BCUT2D eigenvalue weighted by molar-refractivity contribution is 0.102. The Morgan fingerprint density at radius 2 is 1.79 bits per heavy atom. The molecule has 1 heterocycles. The van der Waals surface area contributed by atoms with E-state index in [0.29, 0.717) is 16.7 Å². The van der Waals surface area contributed by atoms with Crippen LogP contribution in [0, 0.1) is 5.82 Å². The van der Waals surface area contributed by atoms with Crippen molar-refractivity contribution in [3.05, 3.63) is 84.2 Å². The number of fused-ring (bicyclic) bond motifs is 1. The van der Waals surface area contributed by atoms with E-state index in [0.717, 1.165) is 12.3 Å². The van der Waals surface area contributed by atoms with Crippen LogP contribution in [-0.2, 0) is 9.84 Å². The predicted octanol–water partition coefficient (Wildman–Crippen LogP) is 4.83. The molecule has 3 aromatic carbocycles. The first kappa shape index (κ1) is 22.2. The summed E-state index contributed by atoms with van der Waals surface area (Å²) >= 11 is 0. The number of pyridine rings is 1. The third-order valence-electron chi connectivity index (χ3n) is 4.80. The molecule has 0 saturated heterocycles. The Morgan fingerprint density at radius 3 is 2.52 bits per heavy atom. The van der Waals surface area contributed by atoms with Crippen LogP contribution in [0.25, 0.3) is 10.9 Å². The van der Waals surface area contributed by atoms with Crippen molar-refractivity contribution in [3.8, 4) is 17.4 Å². The van der Waals surface area contributed by atoms with Gasteiger partial charge in [0, 0.05) is 23.4 Å². The molecule has 0 bridgehead atoms. The van der Waals surface area contributed by atoms with Gasteiger partial charge in [-0.05, 0) is 42.5 Å². The highest BCUT2D eigenvalue weighted by Gasteiger charge is 2.19. The number of sulfone groups is 1. The summed E-state index contributed by atoms with van der Waals surface area (Å²) in [7, 11) is -2.04. The maximum Gasteiger partial charge on any atom is 0.261 e. The summed E-state index contributed by atoms with van der Waals surface area (Å²) in [5.74, 6) is -1.20. The summed E-state index contributed by atoms with van der Waals surface area (Å²) in [5.41, 5.74) is 0.878. The molecule has 4 rings (SSSR count). The number of methoxy groups -OCH3 is 1. The lowest BCUT2D eigenvalue weighted by atomic mass is 10.1. The number of nitrogens with one attached hydrogen (secondary N) is 1. The summed E-state index contributed by atoms with van der Waals surface area (Å²) < 4.78 is 48.8. The van der Waals surface area contributed by atoms with E-state index in [9.17, 15) is 17.6 Å². The zero-order valence-corrected chi connectivity index (χ0v) is 18.5. The minimum Gasteiger partial charge on any atom is -0.497 e. The van der Waals surface area contributed by atoms with Crippen molar-refractivity contribution in [2.45, 2.75) is 4.90 Å². The average Bonchev–Trinajstić information content (AvgIpc) is 2.79. The van der Waals surface area contributed by atoms with E-state index in [2.05, 4.69) is 10.3 Å².